The van der Waals surface area contributed by atoms with Crippen molar-refractivity contribution < 1.29 is 8.42 Å². The van der Waals surface area contributed by atoms with Gasteiger partial charge in [-0.15, -0.1) is 11.3 Å². The van der Waals surface area contributed by atoms with Gasteiger partial charge < -0.3 is 10.3 Å². The van der Waals surface area contributed by atoms with E-state index in [0.717, 1.165) is 23.4 Å². The number of nitrogens with one attached hydrogen (secondary N) is 1. The molecule has 0 unspecified atom stereocenters. The summed E-state index contributed by atoms with van der Waals surface area (Å²) in [6.45, 7) is 2.69. The van der Waals surface area contributed by atoms with Crippen molar-refractivity contribution in [2.75, 3.05) is 0 Å². The van der Waals surface area contributed by atoms with Crippen molar-refractivity contribution in [3.8, 4) is 0 Å². The Morgan fingerprint density at radius 3 is 2.76 bits per heavy atom. The number of rotatable bonds is 6. The van der Waals surface area contributed by atoms with E-state index in [1.807, 2.05) is 23.6 Å². The van der Waals surface area contributed by atoms with Gasteiger partial charge in [-0.2, -0.15) is 0 Å². The number of hydrogen-bond donors (Lipinski definition) is 2. The first kappa shape index (κ1) is 14.8. The molecule has 0 radical (unpaired) electrons. The lowest BCUT2D eigenvalue weighted by atomic mass is 10.4. The van der Waals surface area contributed by atoms with Crippen LogP contribution in [0.25, 0.3) is 0 Å². The molecule has 1 fully saturated rings. The van der Waals surface area contributed by atoms with Gasteiger partial charge in [0.15, 0.2) is 0 Å². The summed E-state index contributed by atoms with van der Waals surface area (Å²) >= 11 is 1.60. The third-order valence-corrected chi connectivity index (χ3v) is 5.97. The Morgan fingerprint density at radius 1 is 1.43 bits per heavy atom. The average molecular weight is 325 g/mol. The third-order valence-electron chi connectivity index (χ3n) is 3.60. The zero-order valence-corrected chi connectivity index (χ0v) is 13.5. The molecule has 3 rings (SSSR count). The lowest BCUT2D eigenvalue weighted by Crippen LogP contribution is -2.22. The Balaban J connectivity index is 1.77. The quantitative estimate of drug-likeness (QED) is 0.854. The maximum Gasteiger partial charge on any atom is 0.242 e. The van der Waals surface area contributed by atoms with Gasteiger partial charge in [-0.25, -0.2) is 13.1 Å². The molecule has 2 heterocycles. The van der Waals surface area contributed by atoms with Gasteiger partial charge in [-0.3, -0.25) is 0 Å². The van der Waals surface area contributed by atoms with Crippen LogP contribution in [0.3, 0.4) is 0 Å². The van der Waals surface area contributed by atoms with E-state index in [1.165, 1.54) is 4.88 Å². The van der Waals surface area contributed by atoms with E-state index >= 15 is 0 Å². The second kappa shape index (κ2) is 5.57. The van der Waals surface area contributed by atoms with E-state index < -0.39 is 10.0 Å². The molecule has 0 atom stereocenters. The van der Waals surface area contributed by atoms with Crippen molar-refractivity contribution in [3.63, 3.8) is 0 Å². The lowest BCUT2D eigenvalue weighted by Gasteiger charge is -2.04. The normalized spacial score (nSPS) is 15.5. The van der Waals surface area contributed by atoms with Crippen LogP contribution in [0.15, 0.2) is 29.3 Å². The third kappa shape index (κ3) is 3.21. The maximum atomic E-state index is 12.4. The molecule has 0 aromatic carbocycles. The summed E-state index contributed by atoms with van der Waals surface area (Å²) in [5, 5.41) is 0. The van der Waals surface area contributed by atoms with Gasteiger partial charge in [0.05, 0.1) is 4.90 Å². The van der Waals surface area contributed by atoms with E-state index in [1.54, 1.807) is 23.6 Å². The minimum Gasteiger partial charge on any atom is -0.346 e. The van der Waals surface area contributed by atoms with E-state index in [-0.39, 0.29) is 0 Å². The van der Waals surface area contributed by atoms with Gasteiger partial charge in [0, 0.05) is 40.8 Å². The first-order chi connectivity index (χ1) is 9.99. The van der Waals surface area contributed by atoms with Crippen molar-refractivity contribution in [1.82, 2.24) is 9.29 Å². The Labute approximate surface area is 128 Å². The molecule has 1 aliphatic carbocycles. The monoisotopic (exact) mass is 325 g/mol. The van der Waals surface area contributed by atoms with E-state index in [4.69, 9.17) is 5.73 Å². The molecule has 1 saturated carbocycles. The molecular weight excluding hydrogens is 306 g/mol. The minimum atomic E-state index is -3.49. The first-order valence-corrected chi connectivity index (χ1v) is 9.25. The molecule has 5 nitrogen and oxygen atoms in total. The standard InChI is InChI=1S/C14H19N3O2S2/c1-10-2-5-13(20-10)8-16-21(18,19)14-6-12(7-15)17(9-14)11-3-4-11/h2,5-6,9,11,16H,3-4,7-8,15H2,1H3. The second-order valence-corrected chi connectivity index (χ2v) is 8.49. The fraction of sp³-hybridized carbons (Fsp3) is 0.429. The Morgan fingerprint density at radius 2 is 2.19 bits per heavy atom. The number of aromatic nitrogens is 1. The Hall–Kier alpha value is -1.15. The number of thiophene rings is 1. The first-order valence-electron chi connectivity index (χ1n) is 6.95. The summed E-state index contributed by atoms with van der Waals surface area (Å²) in [5.41, 5.74) is 6.59. The van der Waals surface area contributed by atoms with Gasteiger partial charge in [-0.1, -0.05) is 0 Å². The number of nitrogens with zero attached hydrogens (tertiary/aromatic N) is 1. The fourth-order valence-corrected chi connectivity index (χ4v) is 4.31. The summed E-state index contributed by atoms with van der Waals surface area (Å²) in [6, 6.07) is 6.04. The minimum absolute atomic E-state index is 0.308. The molecule has 21 heavy (non-hydrogen) atoms. The molecule has 0 saturated heterocycles. The van der Waals surface area contributed by atoms with Gasteiger partial charge in [0.25, 0.3) is 0 Å². The van der Waals surface area contributed by atoms with Crippen molar-refractivity contribution in [1.29, 1.82) is 0 Å². The van der Waals surface area contributed by atoms with E-state index in [9.17, 15) is 8.42 Å². The maximum absolute atomic E-state index is 12.4. The van der Waals surface area contributed by atoms with Gasteiger partial charge in [0.2, 0.25) is 10.0 Å². The number of hydrogen-bond acceptors (Lipinski definition) is 4. The summed E-state index contributed by atoms with van der Waals surface area (Å²) in [7, 11) is -3.49. The van der Waals surface area contributed by atoms with Crippen LogP contribution >= 0.6 is 11.3 Å². The SMILES string of the molecule is Cc1ccc(CNS(=O)(=O)c2cc(CN)n(C3CC3)c2)s1. The van der Waals surface area contributed by atoms with Crippen LogP contribution in [-0.4, -0.2) is 13.0 Å². The number of aryl methyl sites for hydroxylation is 1. The van der Waals surface area contributed by atoms with E-state index in [0.29, 0.717) is 24.0 Å². The van der Waals surface area contributed by atoms with Crippen LogP contribution in [0, 0.1) is 6.92 Å². The van der Waals surface area contributed by atoms with Crippen molar-refractivity contribution in [3.05, 3.63) is 39.8 Å². The summed E-state index contributed by atoms with van der Waals surface area (Å²) in [5.74, 6) is 0. The van der Waals surface area contributed by atoms with Gasteiger partial charge in [0.1, 0.15) is 0 Å². The largest absolute Gasteiger partial charge is 0.346 e. The van der Waals surface area contributed by atoms with Crippen molar-refractivity contribution in [2.45, 2.75) is 43.8 Å². The zero-order valence-electron chi connectivity index (χ0n) is 11.9. The molecule has 2 aromatic rings. The molecule has 7 heteroatoms. The molecule has 0 bridgehead atoms. The summed E-state index contributed by atoms with van der Waals surface area (Å²) < 4.78 is 29.4. The van der Waals surface area contributed by atoms with Crippen molar-refractivity contribution >= 4 is 21.4 Å². The van der Waals surface area contributed by atoms with E-state index in [2.05, 4.69) is 4.72 Å². The summed E-state index contributed by atoms with van der Waals surface area (Å²) in [6.07, 6.45) is 3.91. The van der Waals surface area contributed by atoms with Crippen LogP contribution in [-0.2, 0) is 23.1 Å². The predicted molar refractivity (Wildman–Crippen MR) is 83.7 cm³/mol. The molecule has 0 aliphatic heterocycles. The average Bonchev–Trinajstić information content (AvgIpc) is 3.05. The topological polar surface area (TPSA) is 77.1 Å². The highest BCUT2D eigenvalue weighted by molar-refractivity contribution is 7.89. The lowest BCUT2D eigenvalue weighted by molar-refractivity contribution is 0.581. The molecule has 3 N–H and O–H groups in total. The number of sulfonamides is 1. The van der Waals surface area contributed by atoms with Crippen LogP contribution in [0.4, 0.5) is 0 Å². The van der Waals surface area contributed by atoms with Gasteiger partial charge >= 0.3 is 0 Å². The van der Waals surface area contributed by atoms with Crippen LogP contribution < -0.4 is 10.5 Å². The fourth-order valence-electron chi connectivity index (χ4n) is 2.33. The molecule has 114 valence electrons. The Bertz CT molecular complexity index is 742. The molecule has 0 amide bonds. The van der Waals surface area contributed by atoms with Crippen LogP contribution in [0.1, 0.15) is 34.3 Å². The highest BCUT2D eigenvalue weighted by Gasteiger charge is 2.27. The van der Waals surface area contributed by atoms with Crippen molar-refractivity contribution in [2.24, 2.45) is 5.73 Å². The zero-order chi connectivity index (χ0) is 15.0. The van der Waals surface area contributed by atoms with Crippen LogP contribution in [0.5, 0.6) is 0 Å². The predicted octanol–water partition coefficient (Wildman–Crippen LogP) is 2.13. The number of nitrogens with two attached hydrogens (primary N) is 1. The summed E-state index contributed by atoms with van der Waals surface area (Å²) in [4.78, 5) is 2.49. The highest BCUT2D eigenvalue weighted by Crippen LogP contribution is 2.37. The Kier molecular flexibility index (Phi) is 3.92. The highest BCUT2D eigenvalue weighted by atomic mass is 32.2. The molecule has 2 aromatic heterocycles. The second-order valence-electron chi connectivity index (χ2n) is 5.35. The molecule has 0 spiro atoms. The van der Waals surface area contributed by atoms with Gasteiger partial charge in [-0.05, 0) is 38.0 Å². The smallest absolute Gasteiger partial charge is 0.242 e. The van der Waals surface area contributed by atoms with Crippen LogP contribution in [0.2, 0.25) is 0 Å². The molecular formula is C14H19N3O2S2. The molecule has 1 aliphatic rings.